The molecule has 2 rings (SSSR count). The van der Waals surface area contributed by atoms with Crippen LogP contribution in [0.4, 0.5) is 5.82 Å². The van der Waals surface area contributed by atoms with E-state index in [2.05, 4.69) is 10.3 Å². The summed E-state index contributed by atoms with van der Waals surface area (Å²) in [5, 5.41) is 2.63. The summed E-state index contributed by atoms with van der Waals surface area (Å²) in [6.45, 7) is 1.78. The molecule has 0 unspecified atom stereocenters. The van der Waals surface area contributed by atoms with Crippen LogP contribution < -0.4 is 11.0 Å². The molecule has 1 heterocycles. The van der Waals surface area contributed by atoms with Crippen LogP contribution in [-0.2, 0) is 7.05 Å². The number of rotatable bonds is 2. The average molecular weight is 243 g/mol. The Hall–Kier alpha value is -2.43. The van der Waals surface area contributed by atoms with Crippen LogP contribution >= 0.6 is 0 Å². The van der Waals surface area contributed by atoms with Gasteiger partial charge in [-0.25, -0.2) is 4.79 Å². The van der Waals surface area contributed by atoms with Crippen LogP contribution in [0.3, 0.4) is 0 Å². The molecule has 0 saturated heterocycles. The number of hydrogen-bond acceptors (Lipinski definition) is 3. The third-order valence-corrected chi connectivity index (χ3v) is 2.54. The third-order valence-electron chi connectivity index (χ3n) is 2.54. The summed E-state index contributed by atoms with van der Waals surface area (Å²) >= 11 is 0. The maximum atomic E-state index is 11.9. The van der Waals surface area contributed by atoms with Gasteiger partial charge in [0, 0.05) is 24.4 Å². The highest BCUT2D eigenvalue weighted by Gasteiger charge is 2.09. The highest BCUT2D eigenvalue weighted by molar-refractivity contribution is 6.03. The van der Waals surface area contributed by atoms with Crippen molar-refractivity contribution in [3.05, 3.63) is 58.1 Å². The monoisotopic (exact) mass is 243 g/mol. The van der Waals surface area contributed by atoms with Gasteiger partial charge in [0.15, 0.2) is 0 Å². The second-order valence-corrected chi connectivity index (χ2v) is 3.99. The lowest BCUT2D eigenvalue weighted by Crippen LogP contribution is -2.24. The van der Waals surface area contributed by atoms with Gasteiger partial charge < -0.3 is 9.88 Å². The summed E-state index contributed by atoms with van der Waals surface area (Å²) < 4.78 is 1.37. The molecule has 0 atom stereocenters. The minimum absolute atomic E-state index is 0.278. The first-order valence-electron chi connectivity index (χ1n) is 5.48. The summed E-state index contributed by atoms with van der Waals surface area (Å²) in [6.07, 6.45) is 1.63. The molecule has 1 aromatic carbocycles. The lowest BCUT2D eigenvalue weighted by atomic mass is 10.2. The van der Waals surface area contributed by atoms with Crippen LogP contribution in [0.5, 0.6) is 0 Å². The molecular formula is C13H13N3O2. The van der Waals surface area contributed by atoms with Crippen LogP contribution in [0.1, 0.15) is 15.9 Å². The first-order valence-corrected chi connectivity index (χ1v) is 5.48. The first kappa shape index (κ1) is 12.0. The van der Waals surface area contributed by atoms with Crippen molar-refractivity contribution in [1.29, 1.82) is 0 Å². The van der Waals surface area contributed by atoms with Crippen molar-refractivity contribution in [2.24, 2.45) is 7.05 Å². The highest BCUT2D eigenvalue weighted by atomic mass is 16.2. The van der Waals surface area contributed by atoms with Gasteiger partial charge in [0.25, 0.3) is 5.91 Å². The first-order chi connectivity index (χ1) is 8.58. The van der Waals surface area contributed by atoms with Crippen molar-refractivity contribution >= 4 is 11.7 Å². The fraction of sp³-hybridized carbons (Fsp3) is 0.154. The second kappa shape index (κ2) is 4.83. The molecule has 0 aliphatic carbocycles. The minimum Gasteiger partial charge on any atom is -0.306 e. The number of carbonyl (C=O) groups is 1. The number of aromatic nitrogens is 2. The summed E-state index contributed by atoms with van der Waals surface area (Å²) in [4.78, 5) is 27.1. The van der Waals surface area contributed by atoms with Crippen LogP contribution in [0.15, 0.2) is 41.3 Å². The molecule has 5 nitrogen and oxygen atoms in total. The molecule has 18 heavy (non-hydrogen) atoms. The van der Waals surface area contributed by atoms with E-state index in [0.717, 1.165) is 5.56 Å². The molecule has 0 radical (unpaired) electrons. The van der Waals surface area contributed by atoms with Crippen molar-refractivity contribution in [3.63, 3.8) is 0 Å². The van der Waals surface area contributed by atoms with E-state index in [1.54, 1.807) is 44.4 Å². The van der Waals surface area contributed by atoms with Gasteiger partial charge in [-0.3, -0.25) is 4.79 Å². The summed E-state index contributed by atoms with van der Waals surface area (Å²) in [7, 11) is 1.62. The quantitative estimate of drug-likeness (QED) is 0.865. The fourth-order valence-electron chi connectivity index (χ4n) is 1.57. The molecule has 0 aliphatic rings. The standard InChI is InChI=1S/C13H13N3O2/c1-9-8-16(2)13(18)15-11(9)14-12(17)10-6-4-3-5-7-10/h3-8H,1-2H3,(H,14,15,17,18). The average Bonchev–Trinajstić information content (AvgIpc) is 2.37. The number of nitrogens with zero attached hydrogens (tertiary/aromatic N) is 2. The largest absolute Gasteiger partial charge is 0.349 e. The van der Waals surface area contributed by atoms with Gasteiger partial charge in [-0.2, -0.15) is 4.98 Å². The Morgan fingerprint density at radius 2 is 1.94 bits per heavy atom. The van der Waals surface area contributed by atoms with Gasteiger partial charge in [0.1, 0.15) is 5.82 Å². The molecule has 2 aromatic rings. The van der Waals surface area contributed by atoms with Gasteiger partial charge in [-0.05, 0) is 19.1 Å². The Morgan fingerprint density at radius 3 is 2.61 bits per heavy atom. The van der Waals surface area contributed by atoms with Crippen molar-refractivity contribution < 1.29 is 4.79 Å². The summed E-state index contributed by atoms with van der Waals surface area (Å²) in [5.74, 6) is 0.0198. The number of aryl methyl sites for hydroxylation is 2. The third kappa shape index (κ3) is 2.45. The Kier molecular flexibility index (Phi) is 3.23. The van der Waals surface area contributed by atoms with Crippen molar-refractivity contribution in [2.75, 3.05) is 5.32 Å². The number of carbonyl (C=O) groups excluding carboxylic acids is 1. The molecule has 0 bridgehead atoms. The van der Waals surface area contributed by atoms with Crippen LogP contribution in [0.2, 0.25) is 0 Å². The normalized spacial score (nSPS) is 10.1. The van der Waals surface area contributed by atoms with E-state index >= 15 is 0 Å². The Bertz CT molecular complexity index is 632. The van der Waals surface area contributed by atoms with Gasteiger partial charge in [-0.1, -0.05) is 18.2 Å². The van der Waals surface area contributed by atoms with Gasteiger partial charge >= 0.3 is 5.69 Å². The molecule has 1 aromatic heterocycles. The van der Waals surface area contributed by atoms with Crippen molar-refractivity contribution in [1.82, 2.24) is 9.55 Å². The molecule has 0 saturated carbocycles. The topological polar surface area (TPSA) is 64.0 Å². The Labute approximate surface area is 104 Å². The zero-order valence-electron chi connectivity index (χ0n) is 10.2. The summed E-state index contributed by atoms with van der Waals surface area (Å²) in [5.41, 5.74) is 0.865. The second-order valence-electron chi connectivity index (χ2n) is 3.99. The molecule has 0 spiro atoms. The van der Waals surface area contributed by atoms with Gasteiger partial charge in [0.2, 0.25) is 0 Å². The molecule has 0 aliphatic heterocycles. The lowest BCUT2D eigenvalue weighted by molar-refractivity contribution is 0.102. The number of amides is 1. The Balaban J connectivity index is 2.28. The van der Waals surface area contributed by atoms with E-state index in [4.69, 9.17) is 0 Å². The van der Waals surface area contributed by atoms with E-state index in [-0.39, 0.29) is 5.91 Å². The SMILES string of the molecule is Cc1cn(C)c(=O)nc1NC(=O)c1ccccc1. The lowest BCUT2D eigenvalue weighted by Gasteiger charge is -2.07. The smallest absolute Gasteiger partial charge is 0.306 e. The zero-order chi connectivity index (χ0) is 13.1. The fourth-order valence-corrected chi connectivity index (χ4v) is 1.57. The summed E-state index contributed by atoms with van der Waals surface area (Å²) in [6, 6.07) is 8.79. The minimum atomic E-state index is -0.399. The molecule has 1 N–H and O–H groups in total. The van der Waals surface area contributed by atoms with Gasteiger partial charge in [0.05, 0.1) is 0 Å². The van der Waals surface area contributed by atoms with E-state index in [1.165, 1.54) is 4.57 Å². The predicted molar refractivity (Wildman–Crippen MR) is 68.6 cm³/mol. The molecule has 5 heteroatoms. The van der Waals surface area contributed by atoms with Crippen LogP contribution in [0.25, 0.3) is 0 Å². The van der Waals surface area contributed by atoms with E-state index in [9.17, 15) is 9.59 Å². The van der Waals surface area contributed by atoms with Gasteiger partial charge in [-0.15, -0.1) is 0 Å². The van der Waals surface area contributed by atoms with Crippen LogP contribution in [0, 0.1) is 6.92 Å². The van der Waals surface area contributed by atoms with Crippen molar-refractivity contribution in [3.8, 4) is 0 Å². The van der Waals surface area contributed by atoms with Crippen LogP contribution in [-0.4, -0.2) is 15.5 Å². The zero-order valence-corrected chi connectivity index (χ0v) is 10.2. The maximum absolute atomic E-state index is 11.9. The number of anilines is 1. The Morgan fingerprint density at radius 1 is 1.28 bits per heavy atom. The van der Waals surface area contributed by atoms with E-state index in [0.29, 0.717) is 11.4 Å². The predicted octanol–water partition coefficient (Wildman–Crippen LogP) is 1.34. The highest BCUT2D eigenvalue weighted by Crippen LogP contribution is 2.09. The number of nitrogens with one attached hydrogen (secondary N) is 1. The number of benzene rings is 1. The molecule has 92 valence electrons. The van der Waals surface area contributed by atoms with E-state index in [1.807, 2.05) is 6.07 Å². The molecule has 1 amide bonds. The van der Waals surface area contributed by atoms with E-state index < -0.39 is 5.69 Å². The van der Waals surface area contributed by atoms with Crippen molar-refractivity contribution in [2.45, 2.75) is 6.92 Å². The maximum Gasteiger partial charge on any atom is 0.349 e. The molecular weight excluding hydrogens is 230 g/mol. The number of hydrogen-bond donors (Lipinski definition) is 1. The molecule has 0 fully saturated rings.